The van der Waals surface area contributed by atoms with Crippen molar-refractivity contribution in [1.29, 1.82) is 0 Å². The lowest BCUT2D eigenvalue weighted by atomic mass is 9.87. The first-order valence-corrected chi connectivity index (χ1v) is 7.08. The molecule has 1 amide bonds. The summed E-state index contributed by atoms with van der Waals surface area (Å²) >= 11 is 0.931. The number of nitrogens with two attached hydrogens (primary N) is 1. The molecule has 1 saturated heterocycles. The zero-order valence-electron chi connectivity index (χ0n) is 10.7. The molecule has 1 aromatic rings. The topological polar surface area (TPSA) is 89.5 Å². The summed E-state index contributed by atoms with van der Waals surface area (Å²) in [6.45, 7) is 4.05. The van der Waals surface area contributed by atoms with Crippen molar-refractivity contribution < 1.29 is 9.72 Å². The van der Waals surface area contributed by atoms with Crippen molar-refractivity contribution in [1.82, 2.24) is 4.90 Å². The molecule has 1 aromatic heterocycles. The largest absolute Gasteiger partial charge is 0.338 e. The van der Waals surface area contributed by atoms with E-state index in [1.807, 2.05) is 0 Å². The number of piperidine rings is 1. The second-order valence-electron chi connectivity index (χ2n) is 4.91. The van der Waals surface area contributed by atoms with Gasteiger partial charge >= 0.3 is 5.00 Å². The number of amides is 1. The zero-order valence-corrected chi connectivity index (χ0v) is 11.6. The monoisotopic (exact) mass is 283 g/mol. The highest BCUT2D eigenvalue weighted by atomic mass is 32.1. The first-order valence-electron chi connectivity index (χ1n) is 6.26. The van der Waals surface area contributed by atoms with Gasteiger partial charge in [-0.15, -0.1) is 0 Å². The van der Waals surface area contributed by atoms with Crippen LogP contribution < -0.4 is 5.73 Å². The lowest BCUT2D eigenvalue weighted by Crippen LogP contribution is -2.45. The predicted molar refractivity (Wildman–Crippen MR) is 73.2 cm³/mol. The Morgan fingerprint density at radius 2 is 2.37 bits per heavy atom. The first kappa shape index (κ1) is 14.0. The summed E-state index contributed by atoms with van der Waals surface area (Å²) in [6, 6.07) is 2.91. The minimum atomic E-state index is -0.470. The summed E-state index contributed by atoms with van der Waals surface area (Å²) in [7, 11) is 0. The Bertz CT molecular complexity index is 488. The molecular formula is C12H17N3O3S. The van der Waals surface area contributed by atoms with Crippen molar-refractivity contribution >= 4 is 22.2 Å². The molecular weight excluding hydrogens is 266 g/mol. The lowest BCUT2D eigenvalue weighted by molar-refractivity contribution is -0.380. The highest BCUT2D eigenvalue weighted by molar-refractivity contribution is 7.17. The molecule has 2 atom stereocenters. The third-order valence-electron chi connectivity index (χ3n) is 3.69. The van der Waals surface area contributed by atoms with E-state index in [2.05, 4.69) is 6.92 Å². The molecule has 0 spiro atoms. The van der Waals surface area contributed by atoms with Crippen LogP contribution in [0, 0.1) is 22.0 Å². The molecule has 0 aromatic carbocycles. The van der Waals surface area contributed by atoms with Gasteiger partial charge in [-0.1, -0.05) is 18.3 Å². The molecule has 7 heteroatoms. The summed E-state index contributed by atoms with van der Waals surface area (Å²) in [4.78, 5) is 24.6. The molecule has 0 radical (unpaired) electrons. The maximum absolute atomic E-state index is 12.3. The molecule has 6 nitrogen and oxygen atoms in total. The van der Waals surface area contributed by atoms with Crippen molar-refractivity contribution in [3.63, 3.8) is 0 Å². The van der Waals surface area contributed by atoms with E-state index in [0.717, 1.165) is 17.8 Å². The van der Waals surface area contributed by atoms with E-state index in [4.69, 9.17) is 5.73 Å². The van der Waals surface area contributed by atoms with Crippen molar-refractivity contribution in [2.45, 2.75) is 13.3 Å². The van der Waals surface area contributed by atoms with E-state index in [0.29, 0.717) is 36.3 Å². The summed E-state index contributed by atoms with van der Waals surface area (Å²) in [5.41, 5.74) is 5.71. The SMILES string of the molecule is CC1CCN(C(=O)c2ccc([N+](=O)[O-])s2)CC1CN. The van der Waals surface area contributed by atoms with Crippen molar-refractivity contribution in [2.75, 3.05) is 19.6 Å². The van der Waals surface area contributed by atoms with Crippen molar-refractivity contribution in [3.05, 3.63) is 27.1 Å². The Kier molecular flexibility index (Phi) is 4.16. The van der Waals surface area contributed by atoms with Gasteiger partial charge in [0.1, 0.15) is 0 Å². The second-order valence-corrected chi connectivity index (χ2v) is 5.97. The van der Waals surface area contributed by atoms with Crippen molar-refractivity contribution in [3.8, 4) is 0 Å². The van der Waals surface area contributed by atoms with Gasteiger partial charge in [0, 0.05) is 19.2 Å². The number of rotatable bonds is 3. The molecule has 1 fully saturated rings. The number of hydrogen-bond acceptors (Lipinski definition) is 5. The summed E-state index contributed by atoms with van der Waals surface area (Å²) < 4.78 is 0. The number of thiophene rings is 1. The van der Waals surface area contributed by atoms with Crippen LogP contribution in [0.1, 0.15) is 23.0 Å². The standard InChI is InChI=1S/C12H17N3O3S/c1-8-4-5-14(7-9(8)6-13)12(16)10-2-3-11(19-10)15(17)18/h2-3,8-9H,4-7,13H2,1H3. The quantitative estimate of drug-likeness (QED) is 0.675. The molecule has 1 aliphatic rings. The Hall–Kier alpha value is -1.47. The minimum absolute atomic E-state index is 0.00380. The van der Waals surface area contributed by atoms with Crippen LogP contribution in [0.2, 0.25) is 0 Å². The molecule has 0 aliphatic carbocycles. The predicted octanol–water partition coefficient (Wildman–Crippen LogP) is 1.71. The molecule has 2 N–H and O–H groups in total. The van der Waals surface area contributed by atoms with Gasteiger partial charge in [-0.2, -0.15) is 0 Å². The molecule has 0 bridgehead atoms. The van der Waals surface area contributed by atoms with E-state index in [1.54, 1.807) is 4.90 Å². The van der Waals surface area contributed by atoms with Crippen LogP contribution in [0.25, 0.3) is 0 Å². The number of likely N-dealkylation sites (tertiary alicyclic amines) is 1. The van der Waals surface area contributed by atoms with Crippen LogP contribution in [0.15, 0.2) is 12.1 Å². The third-order valence-corrected chi connectivity index (χ3v) is 4.71. The van der Waals surface area contributed by atoms with Crippen LogP contribution in [0.3, 0.4) is 0 Å². The van der Waals surface area contributed by atoms with Gasteiger partial charge in [-0.05, 0) is 30.9 Å². The Balaban J connectivity index is 2.08. The van der Waals surface area contributed by atoms with Crippen LogP contribution in [0.4, 0.5) is 5.00 Å². The van der Waals surface area contributed by atoms with Gasteiger partial charge in [0.15, 0.2) is 0 Å². The molecule has 1 aliphatic heterocycles. The molecule has 2 heterocycles. The summed E-state index contributed by atoms with van der Waals surface area (Å²) in [6.07, 6.45) is 0.932. The number of nitro groups is 1. The fourth-order valence-electron chi connectivity index (χ4n) is 2.34. The highest BCUT2D eigenvalue weighted by Gasteiger charge is 2.29. The van der Waals surface area contributed by atoms with E-state index < -0.39 is 4.92 Å². The fourth-order valence-corrected chi connectivity index (χ4v) is 3.13. The zero-order chi connectivity index (χ0) is 14.0. The van der Waals surface area contributed by atoms with Crippen LogP contribution >= 0.6 is 11.3 Å². The third kappa shape index (κ3) is 2.93. The van der Waals surface area contributed by atoms with Gasteiger partial charge < -0.3 is 10.6 Å². The maximum Gasteiger partial charge on any atom is 0.324 e. The van der Waals surface area contributed by atoms with Gasteiger partial charge in [0.25, 0.3) is 5.91 Å². The van der Waals surface area contributed by atoms with Gasteiger partial charge in [-0.25, -0.2) is 0 Å². The second kappa shape index (κ2) is 5.66. The van der Waals surface area contributed by atoms with Gasteiger partial charge in [0.05, 0.1) is 9.80 Å². The Morgan fingerprint density at radius 1 is 1.63 bits per heavy atom. The lowest BCUT2D eigenvalue weighted by Gasteiger charge is -2.36. The first-order chi connectivity index (χ1) is 9.02. The molecule has 2 rings (SSSR count). The van der Waals surface area contributed by atoms with E-state index in [-0.39, 0.29) is 10.9 Å². The number of nitrogens with zero attached hydrogens (tertiary/aromatic N) is 2. The smallest absolute Gasteiger partial charge is 0.324 e. The average Bonchev–Trinajstić information content (AvgIpc) is 2.88. The van der Waals surface area contributed by atoms with Crippen molar-refractivity contribution in [2.24, 2.45) is 17.6 Å². The molecule has 0 saturated carbocycles. The summed E-state index contributed by atoms with van der Waals surface area (Å²) in [5, 5.41) is 10.6. The van der Waals surface area contributed by atoms with Crippen LogP contribution in [-0.2, 0) is 0 Å². The highest BCUT2D eigenvalue weighted by Crippen LogP contribution is 2.28. The Labute approximate surface area is 115 Å². The van der Waals surface area contributed by atoms with E-state index in [9.17, 15) is 14.9 Å². The van der Waals surface area contributed by atoms with Crippen LogP contribution in [0.5, 0.6) is 0 Å². The van der Waals surface area contributed by atoms with E-state index in [1.165, 1.54) is 12.1 Å². The number of carbonyl (C=O) groups excluding carboxylic acids is 1. The van der Waals surface area contributed by atoms with E-state index >= 15 is 0 Å². The summed E-state index contributed by atoms with van der Waals surface area (Å²) in [5.74, 6) is 0.711. The van der Waals surface area contributed by atoms with Gasteiger partial charge in [0.2, 0.25) is 0 Å². The average molecular weight is 283 g/mol. The van der Waals surface area contributed by atoms with Crippen LogP contribution in [-0.4, -0.2) is 35.4 Å². The Morgan fingerprint density at radius 3 is 2.95 bits per heavy atom. The molecule has 19 heavy (non-hydrogen) atoms. The normalized spacial score (nSPS) is 23.4. The number of hydrogen-bond donors (Lipinski definition) is 1. The molecule has 2 unspecified atom stereocenters. The molecule has 104 valence electrons. The number of carbonyl (C=O) groups is 1. The van der Waals surface area contributed by atoms with Gasteiger partial charge in [-0.3, -0.25) is 14.9 Å². The fraction of sp³-hybridized carbons (Fsp3) is 0.583. The maximum atomic E-state index is 12.3. The minimum Gasteiger partial charge on any atom is -0.338 e.